The minimum Gasteiger partial charge on any atom is -0.396 e. The lowest BCUT2D eigenvalue weighted by atomic mass is 9.94. The number of aromatic nitrogens is 1. The van der Waals surface area contributed by atoms with Crippen molar-refractivity contribution in [1.82, 2.24) is 5.16 Å². The van der Waals surface area contributed by atoms with Crippen molar-refractivity contribution in [2.45, 2.75) is 44.4 Å². The summed E-state index contributed by atoms with van der Waals surface area (Å²) in [7, 11) is 0. The van der Waals surface area contributed by atoms with E-state index in [2.05, 4.69) is 11.2 Å². The number of para-hydroxylation sites is 1. The first-order valence-electron chi connectivity index (χ1n) is 6.50. The van der Waals surface area contributed by atoms with Crippen LogP contribution in [0.15, 0.2) is 22.7 Å². The Labute approximate surface area is 101 Å². The second-order valence-electron chi connectivity index (χ2n) is 4.98. The molecule has 0 atom stereocenters. The number of nitrogen functional groups attached to an aromatic ring is 1. The van der Waals surface area contributed by atoms with Gasteiger partial charge in [0.25, 0.3) is 0 Å². The van der Waals surface area contributed by atoms with Crippen molar-refractivity contribution in [2.75, 3.05) is 5.73 Å². The molecule has 3 nitrogen and oxygen atoms in total. The number of fused-ring (bicyclic) bond motifs is 1. The molecule has 1 aliphatic rings. The Morgan fingerprint density at radius 3 is 2.65 bits per heavy atom. The van der Waals surface area contributed by atoms with Gasteiger partial charge in [0.2, 0.25) is 0 Å². The molecule has 1 saturated carbocycles. The molecule has 2 N–H and O–H groups in total. The Balaban J connectivity index is 2.02. The van der Waals surface area contributed by atoms with E-state index in [0.717, 1.165) is 16.7 Å². The zero-order valence-electron chi connectivity index (χ0n) is 9.98. The lowest BCUT2D eigenvalue weighted by Crippen LogP contribution is -1.98. The van der Waals surface area contributed by atoms with Crippen molar-refractivity contribution in [2.24, 2.45) is 0 Å². The van der Waals surface area contributed by atoms with Crippen molar-refractivity contribution in [3.8, 4) is 0 Å². The van der Waals surface area contributed by atoms with E-state index >= 15 is 0 Å². The summed E-state index contributed by atoms with van der Waals surface area (Å²) in [5.41, 5.74) is 8.46. The molecule has 1 fully saturated rings. The first-order chi connectivity index (χ1) is 8.36. The number of nitrogens with two attached hydrogens (primary N) is 1. The average molecular weight is 230 g/mol. The third kappa shape index (κ3) is 1.90. The van der Waals surface area contributed by atoms with E-state index in [1.165, 1.54) is 38.5 Å². The van der Waals surface area contributed by atoms with Crippen LogP contribution in [0.2, 0.25) is 0 Å². The molecule has 0 unspecified atom stereocenters. The highest BCUT2D eigenvalue weighted by Gasteiger charge is 2.21. The number of nitrogens with zero attached hydrogens (tertiary/aromatic N) is 1. The molecule has 0 saturated heterocycles. The Kier molecular flexibility index (Phi) is 2.75. The first kappa shape index (κ1) is 10.6. The minimum atomic E-state index is 0.556. The largest absolute Gasteiger partial charge is 0.396 e. The van der Waals surface area contributed by atoms with Gasteiger partial charge in [-0.05, 0) is 25.0 Å². The summed E-state index contributed by atoms with van der Waals surface area (Å²) in [6.45, 7) is 0. The highest BCUT2D eigenvalue weighted by atomic mass is 16.5. The van der Waals surface area contributed by atoms with E-state index in [1.807, 2.05) is 12.1 Å². The summed E-state index contributed by atoms with van der Waals surface area (Å²) in [5.74, 6) is 0.556. The van der Waals surface area contributed by atoms with Crippen LogP contribution in [0.5, 0.6) is 0 Å². The van der Waals surface area contributed by atoms with E-state index < -0.39 is 0 Å². The van der Waals surface area contributed by atoms with Gasteiger partial charge >= 0.3 is 0 Å². The summed E-state index contributed by atoms with van der Waals surface area (Å²) in [5, 5.41) is 5.37. The van der Waals surface area contributed by atoms with Gasteiger partial charge in [-0.3, -0.25) is 0 Å². The molecule has 1 aromatic heterocycles. The molecule has 3 heteroatoms. The maximum Gasteiger partial charge on any atom is 0.189 e. The van der Waals surface area contributed by atoms with Gasteiger partial charge in [-0.25, -0.2) is 0 Å². The lowest BCUT2D eigenvalue weighted by molar-refractivity contribution is 0.429. The van der Waals surface area contributed by atoms with Gasteiger partial charge < -0.3 is 10.3 Å². The number of hydrogen-bond donors (Lipinski definition) is 1. The normalized spacial score (nSPS) is 18.4. The zero-order chi connectivity index (χ0) is 11.7. The molecule has 0 radical (unpaired) electrons. The number of benzene rings is 1. The fourth-order valence-corrected chi connectivity index (χ4v) is 2.85. The molecular formula is C14H18N2O. The Hall–Kier alpha value is -1.51. The molecule has 3 rings (SSSR count). The fraction of sp³-hybridized carbons (Fsp3) is 0.500. The predicted octanol–water partition coefficient (Wildman–Crippen LogP) is 3.85. The third-order valence-corrected chi connectivity index (χ3v) is 3.80. The predicted molar refractivity (Wildman–Crippen MR) is 68.9 cm³/mol. The maximum absolute atomic E-state index is 5.90. The topological polar surface area (TPSA) is 52.0 Å². The van der Waals surface area contributed by atoms with E-state index in [-0.39, 0.29) is 0 Å². The van der Waals surface area contributed by atoms with Crippen LogP contribution in [0, 0.1) is 0 Å². The van der Waals surface area contributed by atoms with Crippen LogP contribution in [-0.2, 0) is 0 Å². The SMILES string of the molecule is Nc1cccc2c(C3CCCCCC3)noc12. The van der Waals surface area contributed by atoms with Crippen molar-refractivity contribution < 1.29 is 4.52 Å². The fourth-order valence-electron chi connectivity index (χ4n) is 2.85. The maximum atomic E-state index is 5.90. The van der Waals surface area contributed by atoms with Crippen molar-refractivity contribution in [3.63, 3.8) is 0 Å². The van der Waals surface area contributed by atoms with Gasteiger partial charge in [-0.1, -0.05) is 36.9 Å². The van der Waals surface area contributed by atoms with E-state index in [1.54, 1.807) is 0 Å². The van der Waals surface area contributed by atoms with Crippen LogP contribution < -0.4 is 5.73 Å². The molecule has 0 amide bonds. The molecule has 1 aliphatic carbocycles. The second kappa shape index (κ2) is 4.40. The monoisotopic (exact) mass is 230 g/mol. The van der Waals surface area contributed by atoms with Crippen LogP contribution in [0.4, 0.5) is 5.69 Å². The molecule has 1 aromatic carbocycles. The van der Waals surface area contributed by atoms with Gasteiger partial charge in [0.15, 0.2) is 5.58 Å². The summed E-state index contributed by atoms with van der Waals surface area (Å²) >= 11 is 0. The van der Waals surface area contributed by atoms with Crippen LogP contribution in [0.1, 0.15) is 50.1 Å². The molecule has 0 spiro atoms. The smallest absolute Gasteiger partial charge is 0.189 e. The number of hydrogen-bond acceptors (Lipinski definition) is 3. The number of rotatable bonds is 1. The summed E-state index contributed by atoms with van der Waals surface area (Å²) < 4.78 is 5.40. The van der Waals surface area contributed by atoms with Crippen LogP contribution >= 0.6 is 0 Å². The van der Waals surface area contributed by atoms with Gasteiger partial charge in [0, 0.05) is 11.3 Å². The number of anilines is 1. The molecule has 2 aromatic rings. The first-order valence-corrected chi connectivity index (χ1v) is 6.50. The third-order valence-electron chi connectivity index (χ3n) is 3.80. The quantitative estimate of drug-likeness (QED) is 0.598. The van der Waals surface area contributed by atoms with Gasteiger partial charge in [0.05, 0.1) is 11.4 Å². The highest BCUT2D eigenvalue weighted by molar-refractivity contribution is 5.89. The molecule has 90 valence electrons. The Bertz CT molecular complexity index is 510. The second-order valence-corrected chi connectivity index (χ2v) is 4.98. The van der Waals surface area contributed by atoms with Crippen molar-refractivity contribution >= 4 is 16.7 Å². The van der Waals surface area contributed by atoms with Crippen molar-refractivity contribution in [3.05, 3.63) is 23.9 Å². The van der Waals surface area contributed by atoms with E-state index in [0.29, 0.717) is 11.6 Å². The zero-order valence-corrected chi connectivity index (χ0v) is 9.98. The summed E-state index contributed by atoms with van der Waals surface area (Å²) in [4.78, 5) is 0. The molecule has 17 heavy (non-hydrogen) atoms. The Morgan fingerprint density at radius 1 is 1.12 bits per heavy atom. The van der Waals surface area contributed by atoms with E-state index in [9.17, 15) is 0 Å². The van der Waals surface area contributed by atoms with Crippen LogP contribution in [0.25, 0.3) is 11.0 Å². The van der Waals surface area contributed by atoms with E-state index in [4.69, 9.17) is 10.3 Å². The van der Waals surface area contributed by atoms with Crippen LogP contribution in [0.3, 0.4) is 0 Å². The van der Waals surface area contributed by atoms with Crippen molar-refractivity contribution in [1.29, 1.82) is 0 Å². The van der Waals surface area contributed by atoms with Gasteiger partial charge in [-0.15, -0.1) is 0 Å². The average Bonchev–Trinajstić information content (AvgIpc) is 2.59. The molecule has 0 bridgehead atoms. The summed E-state index contributed by atoms with van der Waals surface area (Å²) in [6, 6.07) is 5.92. The molecular weight excluding hydrogens is 212 g/mol. The van der Waals surface area contributed by atoms with Crippen LogP contribution in [-0.4, -0.2) is 5.16 Å². The lowest BCUT2D eigenvalue weighted by Gasteiger charge is -2.10. The summed E-state index contributed by atoms with van der Waals surface area (Å²) in [6.07, 6.45) is 7.79. The standard InChI is InChI=1S/C14H18N2O/c15-12-9-5-8-11-13(16-17-14(11)12)10-6-3-1-2-4-7-10/h5,8-10H,1-4,6-7,15H2. The van der Waals surface area contributed by atoms with Gasteiger partial charge in [0.1, 0.15) is 0 Å². The molecule has 1 heterocycles. The Morgan fingerprint density at radius 2 is 1.88 bits per heavy atom. The highest BCUT2D eigenvalue weighted by Crippen LogP contribution is 2.36. The molecule has 0 aliphatic heterocycles. The minimum absolute atomic E-state index is 0.556. The van der Waals surface area contributed by atoms with Gasteiger partial charge in [-0.2, -0.15) is 0 Å².